The molecule has 1 fully saturated rings. The summed E-state index contributed by atoms with van der Waals surface area (Å²) in [5.41, 5.74) is -2.87. The van der Waals surface area contributed by atoms with E-state index in [4.69, 9.17) is 19.8 Å². The third kappa shape index (κ3) is 11.9. The number of aliphatic hydroxyl groups is 1. The molecule has 8 nitrogen and oxygen atoms in total. The summed E-state index contributed by atoms with van der Waals surface area (Å²) in [6.45, 7) is 5.28. The smallest absolute Gasteiger partial charge is 0.475 e. The van der Waals surface area contributed by atoms with Crippen molar-refractivity contribution >= 4 is 11.9 Å². The van der Waals surface area contributed by atoms with Crippen molar-refractivity contribution in [1.82, 2.24) is 14.8 Å². The summed E-state index contributed by atoms with van der Waals surface area (Å²) in [6, 6.07) is 15.0. The highest BCUT2D eigenvalue weighted by atomic mass is 19.4. The number of carbonyl (C=O) groups is 2. The minimum absolute atomic E-state index is 0.445. The van der Waals surface area contributed by atoms with Gasteiger partial charge in [0, 0.05) is 57.2 Å². The van der Waals surface area contributed by atoms with Crippen molar-refractivity contribution in [3.8, 4) is 11.1 Å². The molecule has 3 N–H and O–H groups in total. The van der Waals surface area contributed by atoms with Gasteiger partial charge < -0.3 is 15.3 Å². The van der Waals surface area contributed by atoms with E-state index in [-0.39, 0.29) is 0 Å². The van der Waals surface area contributed by atoms with E-state index in [9.17, 15) is 57.8 Å². The first kappa shape index (κ1) is 41.7. The highest BCUT2D eigenvalue weighted by Gasteiger charge is 2.71. The number of rotatable bonds is 6. The van der Waals surface area contributed by atoms with Crippen LogP contribution in [0.4, 0.5) is 52.7 Å². The van der Waals surface area contributed by atoms with Crippen LogP contribution in [0.3, 0.4) is 0 Å². The largest absolute Gasteiger partial charge is 0.490 e. The molecule has 1 aliphatic rings. The van der Waals surface area contributed by atoms with Crippen molar-refractivity contribution < 1.29 is 77.6 Å². The molecule has 0 unspecified atom stereocenters. The quantitative estimate of drug-likeness (QED) is 0.242. The molecule has 2 heterocycles. The van der Waals surface area contributed by atoms with Crippen LogP contribution in [0.2, 0.25) is 0 Å². The number of piperazine rings is 1. The van der Waals surface area contributed by atoms with E-state index in [2.05, 4.69) is 20.9 Å². The number of nitrogens with zero attached hydrogens (tertiary/aromatic N) is 3. The number of alkyl halides is 12. The molecule has 1 aliphatic heterocycles. The molecule has 1 saturated heterocycles. The first-order chi connectivity index (χ1) is 22.9. The van der Waals surface area contributed by atoms with Crippen molar-refractivity contribution in [2.75, 3.05) is 26.2 Å². The van der Waals surface area contributed by atoms with Crippen molar-refractivity contribution in [2.24, 2.45) is 0 Å². The molecule has 2 aromatic carbocycles. The number of benzene rings is 2. The zero-order chi connectivity index (χ0) is 38.1. The molecule has 0 radical (unpaired) electrons. The van der Waals surface area contributed by atoms with Crippen LogP contribution >= 0.6 is 0 Å². The Bertz CT molecular complexity index is 1480. The fraction of sp³-hybridized carbons (Fsp3) is 0.367. The molecule has 0 spiro atoms. The van der Waals surface area contributed by atoms with E-state index in [1.54, 1.807) is 18.3 Å². The summed E-state index contributed by atoms with van der Waals surface area (Å²) in [7, 11) is 0. The van der Waals surface area contributed by atoms with Crippen LogP contribution in [0.15, 0.2) is 73.1 Å². The Labute approximate surface area is 275 Å². The molecule has 4 rings (SSSR count). The standard InChI is InChI=1S/C26H25F6N3O.2C2HF3O2/c27-25(28,29)24(36,26(30,31)32)23-9-7-22(8-10-23)21-5-3-19(4-6-21)17-34-12-14-35(15-13-34)18-20-2-1-11-33-16-20;2*3-2(4,5)1(6)7/h1-11,16,36H,12-15,17-18H2;2*(H,6,7). The molecular weight excluding hydrogens is 710 g/mol. The predicted molar refractivity (Wildman–Crippen MR) is 150 cm³/mol. The molecule has 0 atom stereocenters. The van der Waals surface area contributed by atoms with E-state index in [1.807, 2.05) is 24.4 Å². The van der Waals surface area contributed by atoms with Gasteiger partial charge in [0.1, 0.15) is 0 Å². The Morgan fingerprint density at radius 3 is 1.28 bits per heavy atom. The van der Waals surface area contributed by atoms with Crippen molar-refractivity contribution in [3.05, 3.63) is 89.7 Å². The molecule has 20 heteroatoms. The lowest BCUT2D eigenvalue weighted by atomic mass is 9.90. The minimum Gasteiger partial charge on any atom is -0.475 e. The summed E-state index contributed by atoms with van der Waals surface area (Å²) < 4.78 is 142. The lowest BCUT2D eigenvalue weighted by Crippen LogP contribution is -2.53. The number of carboxylic acids is 2. The fourth-order valence-electron chi connectivity index (χ4n) is 4.31. The van der Waals surface area contributed by atoms with E-state index in [0.717, 1.165) is 57.0 Å². The summed E-state index contributed by atoms with van der Waals surface area (Å²) in [5, 5.41) is 23.8. The van der Waals surface area contributed by atoms with Gasteiger partial charge in [0.2, 0.25) is 0 Å². The molecular formula is C30H27F12N3O5. The van der Waals surface area contributed by atoms with Crippen LogP contribution < -0.4 is 0 Å². The van der Waals surface area contributed by atoms with Crippen LogP contribution in [0.1, 0.15) is 16.7 Å². The van der Waals surface area contributed by atoms with Crippen LogP contribution in [-0.2, 0) is 28.3 Å². The predicted octanol–water partition coefficient (Wildman–Crippen LogP) is 6.65. The molecule has 1 aromatic heterocycles. The van der Waals surface area contributed by atoms with Gasteiger partial charge in [0.05, 0.1) is 0 Å². The first-order valence-corrected chi connectivity index (χ1v) is 13.9. The fourth-order valence-corrected chi connectivity index (χ4v) is 4.31. The Balaban J connectivity index is 0.000000521. The topological polar surface area (TPSA) is 114 Å². The van der Waals surface area contributed by atoms with Crippen molar-refractivity contribution in [1.29, 1.82) is 0 Å². The monoisotopic (exact) mass is 737 g/mol. The second-order valence-corrected chi connectivity index (χ2v) is 10.5. The third-order valence-electron chi connectivity index (χ3n) is 6.90. The molecule has 0 saturated carbocycles. The normalized spacial score (nSPS) is 14.9. The molecule has 50 heavy (non-hydrogen) atoms. The highest BCUT2D eigenvalue weighted by Crippen LogP contribution is 2.50. The van der Waals surface area contributed by atoms with Gasteiger partial charge in [-0.1, -0.05) is 54.6 Å². The molecule has 0 aliphatic carbocycles. The Kier molecular flexibility index (Phi) is 13.8. The van der Waals surface area contributed by atoms with Crippen LogP contribution in [0.25, 0.3) is 11.1 Å². The van der Waals surface area contributed by atoms with Crippen LogP contribution in [0.5, 0.6) is 0 Å². The Morgan fingerprint density at radius 2 is 0.960 bits per heavy atom. The minimum atomic E-state index is -5.90. The first-order valence-electron chi connectivity index (χ1n) is 13.9. The number of pyridine rings is 1. The molecule has 0 amide bonds. The summed E-state index contributed by atoms with van der Waals surface area (Å²) >= 11 is 0. The number of hydrogen-bond acceptors (Lipinski definition) is 6. The van der Waals surface area contributed by atoms with E-state index in [0.29, 0.717) is 23.3 Å². The van der Waals surface area contributed by atoms with E-state index in [1.165, 1.54) is 5.56 Å². The number of aromatic nitrogens is 1. The van der Waals surface area contributed by atoms with Gasteiger partial charge in [-0.05, 0) is 28.3 Å². The third-order valence-corrected chi connectivity index (χ3v) is 6.90. The summed E-state index contributed by atoms with van der Waals surface area (Å²) in [4.78, 5) is 26.6. The number of carboxylic acid groups (broad SMARTS) is 2. The molecule has 0 bridgehead atoms. The Hall–Kier alpha value is -4.43. The second kappa shape index (κ2) is 16.5. The second-order valence-electron chi connectivity index (χ2n) is 10.5. The SMILES string of the molecule is O=C(O)C(F)(F)F.O=C(O)C(F)(F)F.OC(c1ccc(-c2ccc(CN3CCN(Cc4cccnc4)CC3)cc2)cc1)(C(F)(F)F)C(F)(F)F. The number of hydrogen-bond donors (Lipinski definition) is 3. The average molecular weight is 738 g/mol. The van der Waals surface area contributed by atoms with Gasteiger partial charge >= 0.3 is 36.6 Å². The number of aliphatic carboxylic acids is 2. The molecule has 276 valence electrons. The summed E-state index contributed by atoms with van der Waals surface area (Å²) in [5.74, 6) is -5.51. The lowest BCUT2D eigenvalue weighted by Gasteiger charge is -2.34. The van der Waals surface area contributed by atoms with Crippen molar-refractivity contribution in [3.63, 3.8) is 0 Å². The van der Waals surface area contributed by atoms with Crippen LogP contribution in [0, 0.1) is 0 Å². The Morgan fingerprint density at radius 1 is 0.600 bits per heavy atom. The lowest BCUT2D eigenvalue weighted by molar-refractivity contribution is -0.376. The maximum absolute atomic E-state index is 13.1. The summed E-state index contributed by atoms with van der Waals surface area (Å²) in [6.07, 6.45) is -18.4. The van der Waals surface area contributed by atoms with Crippen molar-refractivity contribution in [2.45, 2.75) is 43.4 Å². The van der Waals surface area contributed by atoms with E-state index < -0.39 is 47.8 Å². The van der Waals surface area contributed by atoms with Gasteiger partial charge in [-0.15, -0.1) is 0 Å². The molecule has 3 aromatic rings. The van der Waals surface area contributed by atoms with Gasteiger partial charge in [0.25, 0.3) is 5.60 Å². The van der Waals surface area contributed by atoms with Crippen LogP contribution in [-0.4, -0.2) is 92.9 Å². The average Bonchev–Trinajstić information content (AvgIpc) is 3.01. The van der Waals surface area contributed by atoms with Gasteiger partial charge in [-0.3, -0.25) is 14.8 Å². The van der Waals surface area contributed by atoms with Gasteiger partial charge in [-0.2, -0.15) is 52.7 Å². The maximum Gasteiger partial charge on any atom is 0.490 e. The highest BCUT2D eigenvalue weighted by molar-refractivity contribution is 5.73. The maximum atomic E-state index is 13.1. The van der Waals surface area contributed by atoms with Gasteiger partial charge in [-0.25, -0.2) is 9.59 Å². The van der Waals surface area contributed by atoms with E-state index >= 15 is 0 Å². The zero-order valence-electron chi connectivity index (χ0n) is 25.2. The zero-order valence-corrected chi connectivity index (χ0v) is 25.2. The number of halogens is 12. The van der Waals surface area contributed by atoms with Gasteiger partial charge in [0.15, 0.2) is 0 Å².